The monoisotopic (exact) mass is 188 g/mol. The van der Waals surface area contributed by atoms with Crippen molar-refractivity contribution in [3.8, 4) is 6.07 Å². The molecule has 1 aromatic heterocycles. The molecule has 0 saturated carbocycles. The smallest absolute Gasteiger partial charge is 0.264 e. The number of halogens is 1. The molecular weight excluding hydrogens is 183 g/mol. The number of hydrogen-bond acceptors (Lipinski definition) is 2. The molecular formula is C10H5FN2O. The fraction of sp³-hybridized carbons (Fsp3) is 0. The van der Waals surface area contributed by atoms with Crippen LogP contribution >= 0.6 is 0 Å². The summed E-state index contributed by atoms with van der Waals surface area (Å²) in [5, 5.41) is 8.87. The maximum Gasteiger partial charge on any atom is 0.264 e. The number of carbonyl (C=O) groups excluding carboxylic acids is 1. The fourth-order valence-corrected chi connectivity index (χ4v) is 1.34. The van der Waals surface area contributed by atoms with Crippen LogP contribution in [0, 0.1) is 17.1 Å². The van der Waals surface area contributed by atoms with Crippen molar-refractivity contribution >= 4 is 16.7 Å². The van der Waals surface area contributed by atoms with Gasteiger partial charge in [-0.1, -0.05) is 0 Å². The molecule has 1 N–H and O–H groups in total. The third kappa shape index (κ3) is 1.15. The average molecular weight is 188 g/mol. The summed E-state index contributed by atoms with van der Waals surface area (Å²) in [4.78, 5) is 13.9. The van der Waals surface area contributed by atoms with Crippen LogP contribution in [0.15, 0.2) is 24.4 Å². The lowest BCUT2D eigenvalue weighted by atomic mass is 10.1. The summed E-state index contributed by atoms with van der Waals surface area (Å²) >= 11 is 0. The van der Waals surface area contributed by atoms with Crippen molar-refractivity contribution in [3.63, 3.8) is 0 Å². The number of benzene rings is 1. The number of ketones is 1. The minimum atomic E-state index is -0.665. The number of nitriles is 1. The van der Waals surface area contributed by atoms with Gasteiger partial charge in [-0.05, 0) is 18.2 Å². The Morgan fingerprint density at radius 2 is 2.29 bits per heavy atom. The summed E-state index contributed by atoms with van der Waals surface area (Å²) in [5.41, 5.74) is 0.854. The standard InChI is InChI=1S/C10H5FN2O/c11-6-1-2-9-7(3-6)8(5-13-9)10(14)4-12/h1-3,5,13H. The van der Waals surface area contributed by atoms with Gasteiger partial charge in [-0.2, -0.15) is 5.26 Å². The molecule has 1 aromatic carbocycles. The quantitative estimate of drug-likeness (QED) is 0.549. The van der Waals surface area contributed by atoms with Crippen LogP contribution in [0.5, 0.6) is 0 Å². The molecule has 14 heavy (non-hydrogen) atoms. The maximum absolute atomic E-state index is 12.9. The van der Waals surface area contributed by atoms with Crippen LogP contribution in [0.4, 0.5) is 4.39 Å². The summed E-state index contributed by atoms with van der Waals surface area (Å²) < 4.78 is 12.9. The minimum absolute atomic E-state index is 0.210. The van der Waals surface area contributed by atoms with E-state index in [2.05, 4.69) is 4.98 Å². The Bertz CT molecular complexity index is 551. The number of aromatic nitrogens is 1. The summed E-state index contributed by atoms with van der Waals surface area (Å²) in [5.74, 6) is -1.09. The zero-order valence-electron chi connectivity index (χ0n) is 7.04. The van der Waals surface area contributed by atoms with E-state index in [1.807, 2.05) is 0 Å². The van der Waals surface area contributed by atoms with Crippen molar-refractivity contribution in [2.75, 3.05) is 0 Å². The van der Waals surface area contributed by atoms with E-state index in [1.165, 1.54) is 30.5 Å². The first-order valence-corrected chi connectivity index (χ1v) is 3.93. The van der Waals surface area contributed by atoms with Gasteiger partial charge in [-0.25, -0.2) is 4.39 Å². The molecule has 3 nitrogen and oxygen atoms in total. The Labute approximate surface area is 78.8 Å². The SMILES string of the molecule is N#CC(=O)c1c[nH]c2ccc(F)cc12. The second-order valence-electron chi connectivity index (χ2n) is 2.83. The first-order chi connectivity index (χ1) is 6.72. The molecule has 0 aliphatic rings. The van der Waals surface area contributed by atoms with Gasteiger partial charge in [-0.3, -0.25) is 4.79 Å². The van der Waals surface area contributed by atoms with Gasteiger partial charge in [0.15, 0.2) is 0 Å². The van der Waals surface area contributed by atoms with Crippen LogP contribution in [0.1, 0.15) is 10.4 Å². The van der Waals surface area contributed by atoms with Crippen molar-refractivity contribution in [1.82, 2.24) is 4.98 Å². The Morgan fingerprint density at radius 1 is 1.50 bits per heavy atom. The van der Waals surface area contributed by atoms with Gasteiger partial charge in [0.1, 0.15) is 11.9 Å². The molecule has 0 atom stereocenters. The number of rotatable bonds is 1. The zero-order valence-corrected chi connectivity index (χ0v) is 7.04. The fourth-order valence-electron chi connectivity index (χ4n) is 1.34. The number of nitrogens with one attached hydrogen (secondary N) is 1. The highest BCUT2D eigenvalue weighted by molar-refractivity contribution is 6.15. The predicted molar refractivity (Wildman–Crippen MR) is 48.2 cm³/mol. The number of hydrogen-bond donors (Lipinski definition) is 1. The topological polar surface area (TPSA) is 56.6 Å². The molecule has 0 bridgehead atoms. The van der Waals surface area contributed by atoms with Crippen LogP contribution < -0.4 is 0 Å². The molecule has 0 spiro atoms. The van der Waals surface area contributed by atoms with E-state index in [0.29, 0.717) is 10.9 Å². The Balaban J connectivity index is 2.74. The number of nitrogens with zero attached hydrogens (tertiary/aromatic N) is 1. The second-order valence-corrected chi connectivity index (χ2v) is 2.83. The normalized spacial score (nSPS) is 10.0. The van der Waals surface area contributed by atoms with Crippen LogP contribution in [-0.4, -0.2) is 10.8 Å². The van der Waals surface area contributed by atoms with Crippen molar-refractivity contribution in [1.29, 1.82) is 5.26 Å². The number of fused-ring (bicyclic) bond motifs is 1. The first kappa shape index (κ1) is 8.45. The molecule has 0 fully saturated rings. The first-order valence-electron chi connectivity index (χ1n) is 3.93. The van der Waals surface area contributed by atoms with E-state index in [0.717, 1.165) is 0 Å². The summed E-state index contributed by atoms with van der Waals surface area (Å²) in [7, 11) is 0. The molecule has 2 aromatic rings. The van der Waals surface area contributed by atoms with E-state index in [1.54, 1.807) is 0 Å². The number of carbonyl (C=O) groups is 1. The Kier molecular flexibility index (Phi) is 1.79. The van der Waals surface area contributed by atoms with E-state index in [9.17, 15) is 9.18 Å². The molecule has 0 amide bonds. The van der Waals surface area contributed by atoms with E-state index in [4.69, 9.17) is 5.26 Å². The van der Waals surface area contributed by atoms with E-state index < -0.39 is 11.6 Å². The van der Waals surface area contributed by atoms with Gasteiger partial charge in [-0.15, -0.1) is 0 Å². The van der Waals surface area contributed by atoms with Gasteiger partial charge < -0.3 is 4.98 Å². The van der Waals surface area contributed by atoms with Crippen molar-refractivity contribution < 1.29 is 9.18 Å². The van der Waals surface area contributed by atoms with Crippen LogP contribution in [0.2, 0.25) is 0 Å². The second kappa shape index (κ2) is 2.96. The number of Topliss-reactive ketones (excluding diaryl/α,β-unsaturated/α-hetero) is 1. The van der Waals surface area contributed by atoms with Crippen molar-refractivity contribution in [2.24, 2.45) is 0 Å². The van der Waals surface area contributed by atoms with E-state index >= 15 is 0 Å². The molecule has 4 heteroatoms. The van der Waals surface area contributed by atoms with Crippen LogP contribution in [0.25, 0.3) is 10.9 Å². The molecule has 0 radical (unpaired) electrons. The van der Waals surface area contributed by atoms with Crippen molar-refractivity contribution in [2.45, 2.75) is 0 Å². The molecule has 0 unspecified atom stereocenters. The number of H-pyrrole nitrogens is 1. The van der Waals surface area contributed by atoms with Crippen molar-refractivity contribution in [3.05, 3.63) is 35.8 Å². The molecule has 0 aliphatic carbocycles. The lowest BCUT2D eigenvalue weighted by molar-refractivity contribution is 0.105. The van der Waals surface area contributed by atoms with Gasteiger partial charge in [0.25, 0.3) is 5.78 Å². The third-order valence-corrected chi connectivity index (χ3v) is 1.99. The average Bonchev–Trinajstić information content (AvgIpc) is 2.59. The summed E-state index contributed by atoms with van der Waals surface area (Å²) in [6.07, 6.45) is 1.41. The summed E-state index contributed by atoms with van der Waals surface area (Å²) in [6.45, 7) is 0. The largest absolute Gasteiger partial charge is 0.360 e. The molecule has 0 aliphatic heterocycles. The Morgan fingerprint density at radius 3 is 3.00 bits per heavy atom. The third-order valence-electron chi connectivity index (χ3n) is 1.99. The van der Waals surface area contributed by atoms with Gasteiger partial charge in [0.2, 0.25) is 0 Å². The van der Waals surface area contributed by atoms with Gasteiger partial charge in [0, 0.05) is 17.1 Å². The number of aromatic amines is 1. The molecule has 0 saturated heterocycles. The van der Waals surface area contributed by atoms with Crippen LogP contribution in [0.3, 0.4) is 0 Å². The van der Waals surface area contributed by atoms with Crippen LogP contribution in [-0.2, 0) is 0 Å². The lowest BCUT2D eigenvalue weighted by Crippen LogP contribution is -1.91. The molecule has 2 rings (SSSR count). The zero-order chi connectivity index (χ0) is 10.1. The molecule has 68 valence electrons. The predicted octanol–water partition coefficient (Wildman–Crippen LogP) is 2.01. The minimum Gasteiger partial charge on any atom is -0.360 e. The lowest BCUT2D eigenvalue weighted by Gasteiger charge is -1.91. The highest BCUT2D eigenvalue weighted by Crippen LogP contribution is 2.19. The molecule has 1 heterocycles. The Hall–Kier alpha value is -2.15. The van der Waals surface area contributed by atoms with Gasteiger partial charge in [0.05, 0.1) is 5.56 Å². The summed E-state index contributed by atoms with van der Waals surface area (Å²) in [6, 6.07) is 5.55. The highest BCUT2D eigenvalue weighted by Gasteiger charge is 2.11. The highest BCUT2D eigenvalue weighted by atomic mass is 19.1. The maximum atomic E-state index is 12.9. The van der Waals surface area contributed by atoms with E-state index in [-0.39, 0.29) is 5.56 Å². The van der Waals surface area contributed by atoms with Gasteiger partial charge >= 0.3 is 0 Å².